The molecule has 0 aliphatic carbocycles. The number of aromatic nitrogens is 1. The lowest BCUT2D eigenvalue weighted by atomic mass is 10.2. The zero-order chi connectivity index (χ0) is 19.8. The topological polar surface area (TPSA) is 60.5 Å². The summed E-state index contributed by atoms with van der Waals surface area (Å²) in [5.74, 6) is 1.33. The van der Waals surface area contributed by atoms with Crippen molar-refractivity contribution in [2.24, 2.45) is 0 Å². The van der Waals surface area contributed by atoms with Crippen LogP contribution < -0.4 is 14.8 Å². The summed E-state index contributed by atoms with van der Waals surface area (Å²) in [6, 6.07) is 15.3. The minimum absolute atomic E-state index is 0.235. The van der Waals surface area contributed by atoms with E-state index in [-0.39, 0.29) is 5.91 Å². The van der Waals surface area contributed by atoms with Crippen molar-refractivity contribution in [3.63, 3.8) is 0 Å². The molecule has 0 fully saturated rings. The molecule has 144 valence electrons. The number of amides is 1. The van der Waals surface area contributed by atoms with Gasteiger partial charge in [0.25, 0.3) is 0 Å². The molecule has 1 N–H and O–H groups in total. The van der Waals surface area contributed by atoms with E-state index in [4.69, 9.17) is 9.47 Å². The Balaban J connectivity index is 1.64. The van der Waals surface area contributed by atoms with Crippen LogP contribution in [0.25, 0.3) is 17.3 Å². The summed E-state index contributed by atoms with van der Waals surface area (Å²) in [6.07, 6.45) is 4.17. The third-order valence-corrected chi connectivity index (χ3v) is 4.67. The van der Waals surface area contributed by atoms with E-state index in [1.54, 1.807) is 13.2 Å². The minimum atomic E-state index is -0.235. The van der Waals surface area contributed by atoms with Crippen molar-refractivity contribution in [3.8, 4) is 22.8 Å². The summed E-state index contributed by atoms with van der Waals surface area (Å²) >= 11 is 1.39. The molecule has 1 amide bonds. The lowest BCUT2D eigenvalue weighted by molar-refractivity contribution is -0.111. The Morgan fingerprint density at radius 3 is 2.71 bits per heavy atom. The number of carbonyl (C=O) groups is 1. The van der Waals surface area contributed by atoms with Crippen molar-refractivity contribution in [2.75, 3.05) is 19.0 Å². The smallest absolute Gasteiger partial charge is 0.250 e. The standard InChI is InChI=1S/C22H22N2O3S/c1-3-14-27-20-7-5-4-6-17(20)10-13-21(25)24-22-23-19(15-28-22)16-8-11-18(26-2)12-9-16/h4-13,15H,3,14H2,1-2H3,(H,23,24,25). The highest BCUT2D eigenvalue weighted by Gasteiger charge is 2.07. The average molecular weight is 394 g/mol. The normalized spacial score (nSPS) is 10.8. The van der Waals surface area contributed by atoms with Gasteiger partial charge in [0.15, 0.2) is 5.13 Å². The average Bonchev–Trinajstić information content (AvgIpc) is 3.19. The van der Waals surface area contributed by atoms with Gasteiger partial charge in [-0.1, -0.05) is 25.1 Å². The maximum atomic E-state index is 12.3. The van der Waals surface area contributed by atoms with Crippen molar-refractivity contribution in [1.29, 1.82) is 0 Å². The molecule has 0 spiro atoms. The number of rotatable bonds is 8. The molecular weight excluding hydrogens is 372 g/mol. The molecule has 0 saturated carbocycles. The van der Waals surface area contributed by atoms with Crippen LogP contribution in [0.5, 0.6) is 11.5 Å². The van der Waals surface area contributed by atoms with E-state index in [1.165, 1.54) is 17.4 Å². The lowest BCUT2D eigenvalue weighted by Crippen LogP contribution is -2.07. The molecule has 0 radical (unpaired) electrons. The molecule has 0 aliphatic rings. The van der Waals surface area contributed by atoms with E-state index in [2.05, 4.69) is 17.2 Å². The number of anilines is 1. The van der Waals surface area contributed by atoms with E-state index >= 15 is 0 Å². The number of hydrogen-bond donors (Lipinski definition) is 1. The fraction of sp³-hybridized carbons (Fsp3) is 0.182. The second-order valence-corrected chi connectivity index (χ2v) is 6.83. The fourth-order valence-electron chi connectivity index (χ4n) is 2.50. The van der Waals surface area contributed by atoms with Gasteiger partial charge >= 0.3 is 0 Å². The predicted molar refractivity (Wildman–Crippen MR) is 114 cm³/mol. The lowest BCUT2D eigenvalue weighted by Gasteiger charge is -2.07. The molecule has 28 heavy (non-hydrogen) atoms. The maximum absolute atomic E-state index is 12.3. The van der Waals surface area contributed by atoms with Crippen LogP contribution in [0, 0.1) is 0 Å². The van der Waals surface area contributed by atoms with Crippen molar-refractivity contribution in [3.05, 3.63) is 65.6 Å². The quantitative estimate of drug-likeness (QED) is 0.530. The van der Waals surface area contributed by atoms with Crippen LogP contribution in [-0.2, 0) is 4.79 Å². The zero-order valence-electron chi connectivity index (χ0n) is 15.8. The van der Waals surface area contributed by atoms with E-state index in [1.807, 2.05) is 53.9 Å². The summed E-state index contributed by atoms with van der Waals surface area (Å²) in [5, 5.41) is 5.27. The molecule has 1 heterocycles. The molecule has 1 aromatic heterocycles. The van der Waals surface area contributed by atoms with Gasteiger partial charge in [0.05, 0.1) is 19.4 Å². The number of benzene rings is 2. The third kappa shape index (κ3) is 5.20. The molecule has 5 nitrogen and oxygen atoms in total. The van der Waals surface area contributed by atoms with Crippen LogP contribution >= 0.6 is 11.3 Å². The van der Waals surface area contributed by atoms with Crippen LogP contribution in [0.15, 0.2) is 60.0 Å². The fourth-order valence-corrected chi connectivity index (χ4v) is 3.22. The number of carbonyl (C=O) groups excluding carboxylic acids is 1. The number of methoxy groups -OCH3 is 1. The van der Waals surface area contributed by atoms with Gasteiger partial charge in [-0.05, 0) is 42.8 Å². The first kappa shape index (κ1) is 19.6. The molecular formula is C22H22N2O3S. The molecule has 0 saturated heterocycles. The largest absolute Gasteiger partial charge is 0.497 e. The van der Waals surface area contributed by atoms with Crippen LogP contribution in [0.4, 0.5) is 5.13 Å². The Hall–Kier alpha value is -3.12. The van der Waals surface area contributed by atoms with E-state index in [0.29, 0.717) is 11.7 Å². The highest BCUT2D eigenvalue weighted by molar-refractivity contribution is 7.14. The second-order valence-electron chi connectivity index (χ2n) is 5.98. The second kappa shape index (κ2) is 9.71. The van der Waals surface area contributed by atoms with E-state index < -0.39 is 0 Å². The Morgan fingerprint density at radius 2 is 1.96 bits per heavy atom. The first-order chi connectivity index (χ1) is 13.7. The van der Waals surface area contributed by atoms with Gasteiger partial charge in [0, 0.05) is 22.6 Å². The molecule has 3 rings (SSSR count). The molecule has 3 aromatic rings. The molecule has 2 aromatic carbocycles. The molecule has 0 bridgehead atoms. The van der Waals surface area contributed by atoms with E-state index in [0.717, 1.165) is 34.7 Å². The summed E-state index contributed by atoms with van der Waals surface area (Å²) in [6.45, 7) is 2.70. The summed E-state index contributed by atoms with van der Waals surface area (Å²) in [4.78, 5) is 16.7. The van der Waals surface area contributed by atoms with Crippen molar-refractivity contribution >= 4 is 28.5 Å². The van der Waals surface area contributed by atoms with Crippen LogP contribution in [0.3, 0.4) is 0 Å². The SMILES string of the molecule is CCCOc1ccccc1C=CC(=O)Nc1nc(-c2ccc(OC)cc2)cs1. The van der Waals surface area contributed by atoms with Crippen LogP contribution in [0.2, 0.25) is 0 Å². The Bertz CT molecular complexity index is 948. The summed E-state index contributed by atoms with van der Waals surface area (Å²) in [5.41, 5.74) is 2.64. The third-order valence-electron chi connectivity index (χ3n) is 3.92. The van der Waals surface area contributed by atoms with Gasteiger partial charge in [0.2, 0.25) is 5.91 Å². The van der Waals surface area contributed by atoms with Crippen molar-refractivity contribution < 1.29 is 14.3 Å². The Kier molecular flexibility index (Phi) is 6.81. The first-order valence-corrected chi connectivity index (χ1v) is 9.88. The number of thiazole rings is 1. The van der Waals surface area contributed by atoms with Crippen LogP contribution in [-0.4, -0.2) is 24.6 Å². The predicted octanol–water partition coefficient (Wildman–Crippen LogP) is 5.26. The highest BCUT2D eigenvalue weighted by Crippen LogP contribution is 2.26. The maximum Gasteiger partial charge on any atom is 0.250 e. The van der Waals surface area contributed by atoms with Gasteiger partial charge in [-0.15, -0.1) is 11.3 Å². The van der Waals surface area contributed by atoms with Gasteiger partial charge in [-0.2, -0.15) is 0 Å². The summed E-state index contributed by atoms with van der Waals surface area (Å²) < 4.78 is 10.9. The Labute approximate surface area is 168 Å². The molecule has 0 atom stereocenters. The van der Waals surface area contributed by atoms with Crippen LogP contribution in [0.1, 0.15) is 18.9 Å². The minimum Gasteiger partial charge on any atom is -0.497 e. The number of nitrogens with one attached hydrogen (secondary N) is 1. The van der Waals surface area contributed by atoms with Crippen molar-refractivity contribution in [2.45, 2.75) is 13.3 Å². The first-order valence-electron chi connectivity index (χ1n) is 9.00. The monoisotopic (exact) mass is 394 g/mol. The highest BCUT2D eigenvalue weighted by atomic mass is 32.1. The van der Waals surface area contributed by atoms with Gasteiger partial charge in [-0.25, -0.2) is 4.98 Å². The number of ether oxygens (including phenoxy) is 2. The number of hydrogen-bond acceptors (Lipinski definition) is 5. The molecule has 0 unspecified atom stereocenters. The molecule has 0 aliphatic heterocycles. The van der Waals surface area contributed by atoms with Crippen molar-refractivity contribution in [1.82, 2.24) is 4.98 Å². The molecule has 6 heteroatoms. The van der Waals surface area contributed by atoms with Gasteiger partial charge < -0.3 is 9.47 Å². The van der Waals surface area contributed by atoms with Gasteiger partial charge in [-0.3, -0.25) is 10.1 Å². The summed E-state index contributed by atoms with van der Waals surface area (Å²) in [7, 11) is 1.63. The number of nitrogens with zero attached hydrogens (tertiary/aromatic N) is 1. The zero-order valence-corrected chi connectivity index (χ0v) is 16.7. The van der Waals surface area contributed by atoms with Gasteiger partial charge in [0.1, 0.15) is 11.5 Å². The Morgan fingerprint density at radius 1 is 1.18 bits per heavy atom. The number of para-hydroxylation sites is 1. The van der Waals surface area contributed by atoms with E-state index in [9.17, 15) is 4.79 Å².